The Bertz CT molecular complexity index is 1180. The Morgan fingerprint density at radius 3 is 2.59 bits per heavy atom. The highest BCUT2D eigenvalue weighted by Crippen LogP contribution is 2.72. The molecule has 2 bridgehead atoms. The van der Waals surface area contributed by atoms with Crippen molar-refractivity contribution in [3.63, 3.8) is 0 Å². The second kappa shape index (κ2) is 8.10. The van der Waals surface area contributed by atoms with Crippen molar-refractivity contribution in [2.24, 2.45) is 34.5 Å². The van der Waals surface area contributed by atoms with Crippen molar-refractivity contribution in [1.29, 1.82) is 0 Å². The molecule has 10 heteroatoms. The van der Waals surface area contributed by atoms with Gasteiger partial charge < -0.3 is 19.3 Å². The van der Waals surface area contributed by atoms with Crippen LogP contribution in [0.15, 0.2) is 23.3 Å². The monoisotopic (exact) mass is 553 g/mol. The fourth-order valence-electron chi connectivity index (χ4n) is 8.79. The third kappa shape index (κ3) is 3.52. The quantitative estimate of drug-likeness (QED) is 0.471. The minimum Gasteiger partial charge on any atom is -0.438 e. The van der Waals surface area contributed by atoms with E-state index in [9.17, 15) is 27.9 Å². The molecule has 2 aliphatic heterocycles. The lowest BCUT2D eigenvalue weighted by Gasteiger charge is -2.52. The van der Waals surface area contributed by atoms with Gasteiger partial charge in [-0.15, -0.1) is 0 Å². The zero-order valence-corrected chi connectivity index (χ0v) is 23.3. The van der Waals surface area contributed by atoms with Crippen LogP contribution in [0.1, 0.15) is 60.8 Å². The number of fused-ring (bicyclic) bond motifs is 5. The van der Waals surface area contributed by atoms with Gasteiger partial charge in [-0.05, 0) is 74.3 Å². The Kier molecular flexibility index (Phi) is 5.66. The lowest BCUT2D eigenvalue weighted by atomic mass is 9.59. The number of hydrogen-bond acceptors (Lipinski definition) is 6. The van der Waals surface area contributed by atoms with Crippen LogP contribution in [0.25, 0.3) is 0 Å². The Labute approximate surface area is 226 Å². The maximum Gasteiger partial charge on any atom is 0.411 e. The van der Waals surface area contributed by atoms with E-state index < -0.39 is 53.2 Å². The predicted molar refractivity (Wildman–Crippen MR) is 133 cm³/mol. The maximum absolute atomic E-state index is 14.7. The van der Waals surface area contributed by atoms with E-state index in [1.54, 1.807) is 26.8 Å². The molecule has 6 rings (SSSR count). The summed E-state index contributed by atoms with van der Waals surface area (Å²) >= 11 is 0. The highest BCUT2D eigenvalue weighted by Gasteiger charge is 2.77. The van der Waals surface area contributed by atoms with Crippen LogP contribution in [0.5, 0.6) is 0 Å². The molecular weight excluding hydrogens is 515 g/mol. The first-order valence-electron chi connectivity index (χ1n) is 14.0. The summed E-state index contributed by atoms with van der Waals surface area (Å²) in [5.74, 6) is -1.71. The molecule has 216 valence electrons. The number of likely N-dealkylation sites (tertiary alicyclic amines) is 1. The van der Waals surface area contributed by atoms with Crippen LogP contribution in [0, 0.1) is 34.5 Å². The second-order valence-electron chi connectivity index (χ2n) is 13.6. The third-order valence-electron chi connectivity index (χ3n) is 10.8. The lowest BCUT2D eigenvalue weighted by molar-refractivity contribution is -0.303. The molecule has 39 heavy (non-hydrogen) atoms. The van der Waals surface area contributed by atoms with Gasteiger partial charge in [0.1, 0.15) is 12.1 Å². The largest absolute Gasteiger partial charge is 0.438 e. The van der Waals surface area contributed by atoms with E-state index in [2.05, 4.69) is 13.8 Å². The molecule has 1 unspecified atom stereocenters. The normalized spacial score (nSPS) is 45.7. The molecular formula is C29H38F3NO6. The number of ether oxygens (including phenoxy) is 3. The molecule has 2 heterocycles. The number of alkyl halides is 3. The van der Waals surface area contributed by atoms with E-state index in [0.29, 0.717) is 22.5 Å². The van der Waals surface area contributed by atoms with Gasteiger partial charge in [-0.2, -0.15) is 13.2 Å². The SMILES string of the molecule is CC1=C[C@]23C(=O)[C@@H](C=C4COC(C)(C)O[C@H]4[C@]2(O)[C@H]1OC(=O)N1CCCC1C(F)(F)F)[C@H]1[C@@H](C[C@H]3C)C1(C)C. The van der Waals surface area contributed by atoms with Crippen molar-refractivity contribution in [1.82, 2.24) is 4.90 Å². The molecule has 1 spiro atoms. The van der Waals surface area contributed by atoms with E-state index in [-0.39, 0.29) is 54.9 Å². The van der Waals surface area contributed by atoms with Crippen molar-refractivity contribution in [3.8, 4) is 0 Å². The third-order valence-corrected chi connectivity index (χ3v) is 10.8. The van der Waals surface area contributed by atoms with Crippen molar-refractivity contribution >= 4 is 11.9 Å². The molecule has 2 saturated carbocycles. The van der Waals surface area contributed by atoms with Gasteiger partial charge in [0.25, 0.3) is 0 Å². The summed E-state index contributed by atoms with van der Waals surface area (Å²) in [5.41, 5.74) is -2.50. The molecule has 4 fully saturated rings. The zero-order valence-electron chi connectivity index (χ0n) is 23.3. The van der Waals surface area contributed by atoms with Gasteiger partial charge in [0.15, 0.2) is 23.3 Å². The number of Topliss-reactive ketones (excluding diaryl/α,β-unsaturated/α-hetero) is 1. The van der Waals surface area contributed by atoms with Crippen molar-refractivity contribution in [2.45, 2.75) is 96.6 Å². The Hall–Kier alpha value is -1.91. The minimum atomic E-state index is -4.59. The number of amides is 1. The summed E-state index contributed by atoms with van der Waals surface area (Å²) < 4.78 is 59.2. The van der Waals surface area contributed by atoms with Crippen LogP contribution in [-0.4, -0.2) is 70.8 Å². The van der Waals surface area contributed by atoms with Gasteiger partial charge in [0.2, 0.25) is 0 Å². The molecule has 0 aromatic rings. The number of carbonyl (C=O) groups excluding carboxylic acids is 2. The molecule has 2 saturated heterocycles. The fourth-order valence-corrected chi connectivity index (χ4v) is 8.79. The lowest BCUT2D eigenvalue weighted by Crippen LogP contribution is -2.68. The van der Waals surface area contributed by atoms with Gasteiger partial charge >= 0.3 is 12.3 Å². The van der Waals surface area contributed by atoms with Crippen LogP contribution in [0.2, 0.25) is 0 Å². The summed E-state index contributed by atoms with van der Waals surface area (Å²) in [6, 6.07) is -1.95. The summed E-state index contributed by atoms with van der Waals surface area (Å²) in [6.45, 7) is 11.4. The minimum absolute atomic E-state index is 0.0492. The van der Waals surface area contributed by atoms with Crippen molar-refractivity contribution in [3.05, 3.63) is 23.3 Å². The summed E-state index contributed by atoms with van der Waals surface area (Å²) in [5, 5.41) is 13.0. The van der Waals surface area contributed by atoms with E-state index in [1.807, 2.05) is 13.0 Å². The van der Waals surface area contributed by atoms with Crippen molar-refractivity contribution < 1.29 is 42.1 Å². The first-order valence-corrected chi connectivity index (χ1v) is 14.0. The Morgan fingerprint density at radius 1 is 1.23 bits per heavy atom. The van der Waals surface area contributed by atoms with Crippen LogP contribution in [0.3, 0.4) is 0 Å². The average Bonchev–Trinajstić information content (AvgIpc) is 3.15. The number of nitrogens with zero attached hydrogens (tertiary/aromatic N) is 1. The van der Waals surface area contributed by atoms with Crippen LogP contribution in [-0.2, 0) is 19.0 Å². The molecule has 0 aromatic heterocycles. The molecule has 9 atom stereocenters. The van der Waals surface area contributed by atoms with E-state index >= 15 is 0 Å². The maximum atomic E-state index is 14.7. The average molecular weight is 554 g/mol. The number of allylic oxidation sites excluding steroid dienone is 1. The van der Waals surface area contributed by atoms with Gasteiger partial charge in [0, 0.05) is 12.5 Å². The molecule has 4 aliphatic carbocycles. The highest BCUT2D eigenvalue weighted by molar-refractivity contribution is 5.95. The fraction of sp³-hybridized carbons (Fsp3) is 0.793. The smallest absolute Gasteiger partial charge is 0.411 e. The number of aliphatic hydroxyl groups is 1. The van der Waals surface area contributed by atoms with Gasteiger partial charge in [-0.1, -0.05) is 32.9 Å². The molecule has 0 radical (unpaired) electrons. The number of hydrogen-bond donors (Lipinski definition) is 1. The zero-order chi connectivity index (χ0) is 28.5. The topological polar surface area (TPSA) is 85.3 Å². The number of carbonyl (C=O) groups is 2. The number of halogens is 3. The standard InChI is InChI=1S/C29H38F3NO6/c1-14-12-27-15(2)10-18-20(25(18,3)4)17(21(27)34)11-16-13-37-26(5,6)39-23(16)28(27,36)22(14)38-24(35)33-9-7-8-19(33)29(30,31)32/h11-12,15,17-20,22-23,36H,7-10,13H2,1-6H3/t15-,17+,18-,19?,20+,22+,23-,27+,28-/m1/s1. The molecule has 0 aromatic carbocycles. The van der Waals surface area contributed by atoms with Crippen molar-refractivity contribution in [2.75, 3.05) is 13.2 Å². The summed E-state index contributed by atoms with van der Waals surface area (Å²) in [7, 11) is 0. The summed E-state index contributed by atoms with van der Waals surface area (Å²) in [4.78, 5) is 28.7. The number of rotatable bonds is 1. The van der Waals surface area contributed by atoms with Gasteiger partial charge in [-0.3, -0.25) is 9.69 Å². The molecule has 1 amide bonds. The molecule has 6 aliphatic rings. The van der Waals surface area contributed by atoms with E-state index in [1.165, 1.54) is 0 Å². The Balaban J connectivity index is 1.47. The van der Waals surface area contributed by atoms with Gasteiger partial charge in [0.05, 0.1) is 12.0 Å². The van der Waals surface area contributed by atoms with Crippen LogP contribution >= 0.6 is 0 Å². The van der Waals surface area contributed by atoms with Gasteiger partial charge in [-0.25, -0.2) is 4.79 Å². The molecule has 7 nitrogen and oxygen atoms in total. The first kappa shape index (κ1) is 27.3. The summed E-state index contributed by atoms with van der Waals surface area (Å²) in [6.07, 6.45) is -3.84. The molecule has 1 N–H and O–H groups in total. The highest BCUT2D eigenvalue weighted by atomic mass is 19.4. The van der Waals surface area contributed by atoms with Crippen LogP contribution in [0.4, 0.5) is 18.0 Å². The Morgan fingerprint density at radius 2 is 1.92 bits per heavy atom. The predicted octanol–water partition coefficient (Wildman–Crippen LogP) is 4.78. The second-order valence-corrected chi connectivity index (χ2v) is 13.6. The first-order chi connectivity index (χ1) is 18.0. The van der Waals surface area contributed by atoms with E-state index in [0.717, 1.165) is 0 Å². The number of ketones is 1. The van der Waals surface area contributed by atoms with E-state index in [4.69, 9.17) is 14.2 Å². The van der Waals surface area contributed by atoms with Crippen LogP contribution < -0.4 is 0 Å².